The van der Waals surface area contributed by atoms with Gasteiger partial charge >= 0.3 is 0 Å². The molecule has 1 aromatic carbocycles. The largest absolute Gasteiger partial charge is 0.497 e. The summed E-state index contributed by atoms with van der Waals surface area (Å²) in [5.41, 5.74) is 1.19. The van der Waals surface area contributed by atoms with Gasteiger partial charge in [0, 0.05) is 26.7 Å². The van der Waals surface area contributed by atoms with Crippen molar-refractivity contribution in [3.05, 3.63) is 52.7 Å². The molecule has 1 aromatic heterocycles. The number of hydrogen-bond donors (Lipinski definition) is 0. The lowest BCUT2D eigenvalue weighted by atomic mass is 10.2. The predicted molar refractivity (Wildman–Crippen MR) is 104 cm³/mol. The molecule has 2 aromatic rings. The van der Waals surface area contributed by atoms with Crippen LogP contribution in [0.15, 0.2) is 36.4 Å². The molecule has 0 spiro atoms. The van der Waals surface area contributed by atoms with E-state index in [0.717, 1.165) is 11.3 Å². The third-order valence-electron chi connectivity index (χ3n) is 4.58. The number of benzene rings is 1. The van der Waals surface area contributed by atoms with Crippen LogP contribution in [-0.2, 0) is 16.6 Å². The van der Waals surface area contributed by atoms with E-state index in [-0.39, 0.29) is 5.15 Å². The first-order valence-corrected chi connectivity index (χ1v) is 10.2. The minimum atomic E-state index is -3.44. The van der Waals surface area contributed by atoms with Gasteiger partial charge in [0.25, 0.3) is 0 Å². The molecule has 2 heterocycles. The van der Waals surface area contributed by atoms with Crippen molar-refractivity contribution in [3.63, 3.8) is 0 Å². The van der Waals surface area contributed by atoms with E-state index >= 15 is 0 Å². The minimum absolute atomic E-state index is 0.116. The maximum Gasteiger partial charge on any atom is 0.220 e. The van der Waals surface area contributed by atoms with E-state index in [0.29, 0.717) is 37.3 Å². The van der Waals surface area contributed by atoms with Gasteiger partial charge in [-0.2, -0.15) is 0 Å². The van der Waals surface area contributed by atoms with Crippen LogP contribution in [0.25, 0.3) is 0 Å². The molecule has 0 unspecified atom stereocenters. The van der Waals surface area contributed by atoms with Crippen molar-refractivity contribution in [1.82, 2.24) is 9.29 Å². The molecule has 1 saturated heterocycles. The average Bonchev–Trinajstić information content (AvgIpc) is 2.61. The lowest BCUT2D eigenvalue weighted by Gasteiger charge is -2.41. The number of nitrogens with zero attached hydrogens (tertiary/aromatic N) is 3. The number of carbonyl (C=O) groups excluding carboxylic acids is 1. The molecule has 144 valence electrons. The Hall–Kier alpha value is -2.16. The molecule has 27 heavy (non-hydrogen) atoms. The summed E-state index contributed by atoms with van der Waals surface area (Å²) >= 11 is 5.94. The Bertz CT molecular complexity index is 928. The van der Waals surface area contributed by atoms with E-state index in [1.54, 1.807) is 38.4 Å². The van der Waals surface area contributed by atoms with Crippen LogP contribution in [-0.4, -0.2) is 56.5 Å². The van der Waals surface area contributed by atoms with Gasteiger partial charge in [0.2, 0.25) is 10.0 Å². The Morgan fingerprint density at radius 3 is 2.48 bits per heavy atom. The number of rotatable bonds is 7. The summed E-state index contributed by atoms with van der Waals surface area (Å²) in [5, 5.41) is -0.391. The van der Waals surface area contributed by atoms with E-state index in [9.17, 15) is 13.2 Å². The molecular weight excluding hydrogens is 390 g/mol. The summed E-state index contributed by atoms with van der Waals surface area (Å²) in [6, 6.07) is 10.5. The van der Waals surface area contributed by atoms with Crippen molar-refractivity contribution in [2.45, 2.75) is 11.8 Å². The van der Waals surface area contributed by atoms with E-state index < -0.39 is 15.3 Å². The second-order valence-corrected chi connectivity index (χ2v) is 9.02. The summed E-state index contributed by atoms with van der Waals surface area (Å²) in [5.74, 6) is 1.29. The Labute approximate surface area is 163 Å². The second kappa shape index (κ2) is 7.84. The van der Waals surface area contributed by atoms with E-state index in [1.165, 1.54) is 4.31 Å². The first-order valence-electron chi connectivity index (χ1n) is 8.30. The molecule has 0 atom stereocenters. The monoisotopic (exact) mass is 409 g/mol. The number of ether oxygens (including phenoxy) is 1. The maximum atomic E-state index is 12.8. The lowest BCUT2D eigenvalue weighted by molar-refractivity contribution is 0.112. The van der Waals surface area contributed by atoms with Crippen LogP contribution in [0.4, 0.5) is 5.82 Å². The molecule has 3 rings (SSSR count). The van der Waals surface area contributed by atoms with Crippen LogP contribution in [0.2, 0.25) is 5.15 Å². The van der Waals surface area contributed by atoms with Crippen LogP contribution in [0.1, 0.15) is 15.9 Å². The first kappa shape index (κ1) is 19.6. The van der Waals surface area contributed by atoms with Crippen molar-refractivity contribution in [2.24, 2.45) is 0 Å². The number of anilines is 1. The highest BCUT2D eigenvalue weighted by atomic mass is 35.5. The molecular formula is C18H20ClN3O4S. The van der Waals surface area contributed by atoms with E-state index in [4.69, 9.17) is 16.3 Å². The smallest absolute Gasteiger partial charge is 0.220 e. The van der Waals surface area contributed by atoms with Gasteiger partial charge in [-0.1, -0.05) is 23.7 Å². The Kier molecular flexibility index (Phi) is 5.69. The Balaban J connectivity index is 1.62. The van der Waals surface area contributed by atoms with Gasteiger partial charge in [0.1, 0.15) is 22.0 Å². The summed E-state index contributed by atoms with van der Waals surface area (Å²) in [7, 11) is -0.271. The molecule has 7 nitrogen and oxygen atoms in total. The predicted octanol–water partition coefficient (Wildman–Crippen LogP) is 2.21. The van der Waals surface area contributed by atoms with E-state index in [2.05, 4.69) is 4.98 Å². The van der Waals surface area contributed by atoms with Crippen LogP contribution in [0, 0.1) is 0 Å². The van der Waals surface area contributed by atoms with Gasteiger partial charge in [0.15, 0.2) is 6.29 Å². The zero-order valence-corrected chi connectivity index (χ0v) is 16.6. The number of sulfonamides is 1. The molecule has 0 radical (unpaired) electrons. The first-order chi connectivity index (χ1) is 12.8. The fraction of sp³-hybridized carbons (Fsp3) is 0.333. The molecule has 0 saturated carbocycles. The highest BCUT2D eigenvalue weighted by Gasteiger charge is 2.40. The molecule has 1 aliphatic rings. The molecule has 0 bridgehead atoms. The summed E-state index contributed by atoms with van der Waals surface area (Å²) in [4.78, 5) is 16.8. The van der Waals surface area contributed by atoms with Crippen LogP contribution in [0.3, 0.4) is 0 Å². The van der Waals surface area contributed by atoms with Gasteiger partial charge in [-0.15, -0.1) is 0 Å². The average molecular weight is 410 g/mol. The number of aldehydes is 1. The van der Waals surface area contributed by atoms with Gasteiger partial charge in [-0.25, -0.2) is 17.7 Å². The van der Waals surface area contributed by atoms with Crippen molar-refractivity contribution in [2.75, 3.05) is 32.1 Å². The molecule has 0 amide bonds. The zero-order chi connectivity index (χ0) is 19.6. The zero-order valence-electron chi connectivity index (χ0n) is 15.0. The Morgan fingerprint density at radius 2 is 1.93 bits per heavy atom. The maximum absolute atomic E-state index is 12.8. The third kappa shape index (κ3) is 4.07. The van der Waals surface area contributed by atoms with Crippen molar-refractivity contribution in [3.8, 4) is 5.75 Å². The fourth-order valence-corrected chi connectivity index (χ4v) is 4.61. The normalized spacial score (nSPS) is 14.9. The minimum Gasteiger partial charge on any atom is -0.497 e. The van der Waals surface area contributed by atoms with Crippen molar-refractivity contribution < 1.29 is 17.9 Å². The van der Waals surface area contributed by atoms with Gasteiger partial charge in [-0.05, 0) is 29.8 Å². The SMILES string of the molecule is COc1ccc(CN(C)S(=O)(=O)C2CN(c3ccc(C=O)c(Cl)n3)C2)cc1. The quantitative estimate of drug-likeness (QED) is 0.515. The second-order valence-electron chi connectivity index (χ2n) is 6.34. The molecule has 1 aliphatic heterocycles. The summed E-state index contributed by atoms with van der Waals surface area (Å²) in [6.07, 6.45) is 0.636. The van der Waals surface area contributed by atoms with Crippen LogP contribution >= 0.6 is 11.6 Å². The van der Waals surface area contributed by atoms with Gasteiger partial charge in [0.05, 0.1) is 12.7 Å². The fourth-order valence-electron chi connectivity index (χ4n) is 2.85. The van der Waals surface area contributed by atoms with Gasteiger partial charge in [-0.3, -0.25) is 4.79 Å². The topological polar surface area (TPSA) is 79.8 Å². The number of carbonyl (C=O) groups is 1. The number of pyridine rings is 1. The summed E-state index contributed by atoms with van der Waals surface area (Å²) < 4.78 is 32.0. The molecule has 0 aliphatic carbocycles. The number of hydrogen-bond acceptors (Lipinski definition) is 6. The standard InChI is InChI=1S/C18H20ClN3O4S/c1-21(9-13-3-6-15(26-2)7-4-13)27(24,25)16-10-22(11-16)17-8-5-14(12-23)18(19)20-17/h3-8,12,16H,9-11H2,1-2H3. The van der Waals surface area contributed by atoms with E-state index in [1.807, 2.05) is 17.0 Å². The number of aromatic nitrogens is 1. The van der Waals surface area contributed by atoms with Crippen molar-refractivity contribution >= 4 is 33.7 Å². The number of methoxy groups -OCH3 is 1. The lowest BCUT2D eigenvalue weighted by Crippen LogP contribution is -2.58. The van der Waals surface area contributed by atoms with Crippen LogP contribution < -0.4 is 9.64 Å². The molecule has 9 heteroatoms. The van der Waals surface area contributed by atoms with Gasteiger partial charge < -0.3 is 9.64 Å². The molecule has 0 N–H and O–H groups in total. The summed E-state index contributed by atoms with van der Waals surface area (Å²) in [6.45, 7) is 0.957. The number of halogens is 1. The Morgan fingerprint density at radius 1 is 1.26 bits per heavy atom. The highest BCUT2D eigenvalue weighted by molar-refractivity contribution is 7.89. The molecule has 1 fully saturated rings. The van der Waals surface area contributed by atoms with Crippen molar-refractivity contribution in [1.29, 1.82) is 0 Å². The highest BCUT2D eigenvalue weighted by Crippen LogP contribution is 2.27. The third-order valence-corrected chi connectivity index (χ3v) is 7.02. The van der Waals surface area contributed by atoms with Crippen LogP contribution in [0.5, 0.6) is 5.75 Å².